The third-order valence-corrected chi connectivity index (χ3v) is 2.87. The van der Waals surface area contributed by atoms with Gasteiger partial charge >= 0.3 is 6.18 Å². The molecule has 0 N–H and O–H groups in total. The number of alkyl halides is 6. The van der Waals surface area contributed by atoms with Crippen LogP contribution in [0.3, 0.4) is 0 Å². The van der Waals surface area contributed by atoms with Crippen LogP contribution in [0.4, 0.5) is 26.3 Å². The third kappa shape index (κ3) is 7.51. The number of thioether (sulfide) groups is 1. The molecule has 0 rings (SSSR count). The second kappa shape index (κ2) is 6.51. The van der Waals surface area contributed by atoms with Crippen LogP contribution < -0.4 is 0 Å². The van der Waals surface area contributed by atoms with Crippen LogP contribution in [0, 0.1) is 0 Å². The molecule has 17 heavy (non-hydrogen) atoms. The molecule has 0 amide bonds. The van der Waals surface area contributed by atoms with Gasteiger partial charge in [0, 0.05) is 12.2 Å². The largest absolute Gasteiger partial charge is 0.394 e. The maximum Gasteiger partial charge on any atom is 0.394 e. The zero-order valence-electron chi connectivity index (χ0n) is 8.99. The zero-order valence-corrected chi connectivity index (χ0v) is 9.81. The van der Waals surface area contributed by atoms with Crippen molar-refractivity contribution in [1.82, 2.24) is 0 Å². The van der Waals surface area contributed by atoms with E-state index in [4.69, 9.17) is 0 Å². The van der Waals surface area contributed by atoms with Crippen molar-refractivity contribution in [3.8, 4) is 0 Å². The molecule has 0 aliphatic rings. The van der Waals surface area contributed by atoms with Crippen LogP contribution in [0.25, 0.3) is 0 Å². The average molecular weight is 282 g/mol. The number of carbonyl (C=O) groups is 1. The van der Waals surface area contributed by atoms with Gasteiger partial charge < -0.3 is 0 Å². The molecular weight excluding hydrogens is 270 g/mol. The van der Waals surface area contributed by atoms with E-state index in [1.54, 1.807) is 6.92 Å². The second-order valence-corrected chi connectivity index (χ2v) is 4.54. The topological polar surface area (TPSA) is 17.1 Å². The van der Waals surface area contributed by atoms with Crippen LogP contribution in [0.5, 0.6) is 0 Å². The normalized spacial score (nSPS) is 14.8. The summed E-state index contributed by atoms with van der Waals surface area (Å²) in [5, 5.41) is -0.309. The summed E-state index contributed by atoms with van der Waals surface area (Å²) in [6.45, 7) is 1.54. The molecule has 0 aromatic heterocycles. The summed E-state index contributed by atoms with van der Waals surface area (Å²) in [5.74, 6) is -4.69. The minimum atomic E-state index is -5.11. The van der Waals surface area contributed by atoms with Crippen molar-refractivity contribution in [2.45, 2.75) is 44.5 Å². The Labute approximate surface area is 98.9 Å². The van der Waals surface area contributed by atoms with E-state index in [1.165, 1.54) is 0 Å². The quantitative estimate of drug-likeness (QED) is 0.686. The average Bonchev–Trinajstić information content (AvgIpc) is 2.13. The number of carbonyl (C=O) groups excluding carboxylic acids is 1. The van der Waals surface area contributed by atoms with Crippen LogP contribution in [-0.2, 0) is 4.79 Å². The van der Waals surface area contributed by atoms with Crippen LogP contribution in [-0.4, -0.2) is 29.1 Å². The molecule has 0 aromatic carbocycles. The highest BCUT2D eigenvalue weighted by Gasteiger charge is 2.49. The Morgan fingerprint density at radius 3 is 2.18 bits per heavy atom. The molecule has 8 heteroatoms. The van der Waals surface area contributed by atoms with E-state index < -0.39 is 31.1 Å². The van der Waals surface area contributed by atoms with E-state index in [-0.39, 0.29) is 17.3 Å². The molecule has 0 fully saturated rings. The molecule has 0 aromatic rings. The Bertz CT molecular complexity index is 252. The lowest BCUT2D eigenvalue weighted by Gasteiger charge is -2.21. The van der Waals surface area contributed by atoms with Crippen molar-refractivity contribution < 1.29 is 31.1 Å². The van der Waals surface area contributed by atoms with Gasteiger partial charge in [0.2, 0.25) is 0 Å². The molecule has 0 bridgehead atoms. The predicted molar refractivity (Wildman–Crippen MR) is 52.9 cm³/mol. The van der Waals surface area contributed by atoms with Gasteiger partial charge in [0.05, 0.1) is 0 Å². The highest BCUT2D eigenvalue weighted by Crippen LogP contribution is 2.36. The summed E-state index contributed by atoms with van der Waals surface area (Å²) in [4.78, 5) is 10.7. The Kier molecular flexibility index (Phi) is 6.36. The van der Waals surface area contributed by atoms with Gasteiger partial charge in [0.1, 0.15) is 6.42 Å². The molecule has 0 spiro atoms. The van der Waals surface area contributed by atoms with Crippen LogP contribution in [0.15, 0.2) is 0 Å². The van der Waals surface area contributed by atoms with Crippen LogP contribution in [0.2, 0.25) is 0 Å². The smallest absolute Gasteiger partial charge is 0.287 e. The fourth-order valence-electron chi connectivity index (χ4n) is 0.967. The van der Waals surface area contributed by atoms with Gasteiger partial charge in [-0.25, -0.2) is 13.2 Å². The minimum Gasteiger partial charge on any atom is -0.287 e. The molecule has 0 saturated heterocycles. The van der Waals surface area contributed by atoms with E-state index in [0.717, 1.165) is 0 Å². The summed E-state index contributed by atoms with van der Waals surface area (Å²) < 4.78 is 73.5. The summed E-state index contributed by atoms with van der Waals surface area (Å²) in [7, 11) is 0. The summed E-state index contributed by atoms with van der Waals surface area (Å²) >= 11 is 0.645. The van der Waals surface area contributed by atoms with Gasteiger partial charge in [0.15, 0.2) is 11.3 Å². The second-order valence-electron chi connectivity index (χ2n) is 3.38. The first-order valence-electron chi connectivity index (χ1n) is 4.82. The van der Waals surface area contributed by atoms with Gasteiger partial charge in [-0.2, -0.15) is 13.2 Å². The molecule has 0 aliphatic heterocycles. The molecule has 0 radical (unpaired) electrons. The Morgan fingerprint density at radius 2 is 1.76 bits per heavy atom. The molecule has 1 nitrogen and oxygen atoms in total. The van der Waals surface area contributed by atoms with Crippen molar-refractivity contribution in [1.29, 1.82) is 0 Å². The Morgan fingerprint density at radius 1 is 1.24 bits per heavy atom. The first-order valence-corrected chi connectivity index (χ1v) is 5.81. The fraction of sp³-hybridized carbons (Fsp3) is 0.889. The lowest BCUT2D eigenvalue weighted by molar-refractivity contribution is -0.204. The summed E-state index contributed by atoms with van der Waals surface area (Å²) in [6.07, 6.45) is -11.1. The third-order valence-electron chi connectivity index (χ3n) is 1.82. The molecule has 0 saturated carbocycles. The fourth-order valence-corrected chi connectivity index (χ4v) is 1.72. The monoisotopic (exact) mass is 282 g/mol. The van der Waals surface area contributed by atoms with Crippen LogP contribution >= 0.6 is 11.8 Å². The lowest BCUT2D eigenvalue weighted by atomic mass is 10.1. The van der Waals surface area contributed by atoms with Crippen molar-refractivity contribution >= 4 is 16.9 Å². The van der Waals surface area contributed by atoms with E-state index in [9.17, 15) is 31.1 Å². The first kappa shape index (κ1) is 16.6. The molecular formula is C9H12F6OS. The van der Waals surface area contributed by atoms with Crippen molar-refractivity contribution in [3.63, 3.8) is 0 Å². The van der Waals surface area contributed by atoms with Gasteiger partial charge in [-0.15, -0.1) is 0 Å². The number of hydrogen-bond donors (Lipinski definition) is 0. The highest BCUT2D eigenvalue weighted by atomic mass is 32.2. The van der Waals surface area contributed by atoms with Crippen LogP contribution in [0.1, 0.15) is 26.2 Å². The van der Waals surface area contributed by atoms with Crippen molar-refractivity contribution in [2.24, 2.45) is 0 Å². The first-order chi connectivity index (χ1) is 7.58. The van der Waals surface area contributed by atoms with Crippen molar-refractivity contribution in [2.75, 3.05) is 5.75 Å². The van der Waals surface area contributed by atoms with E-state index in [1.807, 2.05) is 0 Å². The minimum absolute atomic E-state index is 0.167. The summed E-state index contributed by atoms with van der Waals surface area (Å²) in [6, 6.07) is 0. The lowest BCUT2D eigenvalue weighted by Crippen LogP contribution is -2.35. The van der Waals surface area contributed by atoms with Gasteiger partial charge in [-0.05, 0) is 6.42 Å². The van der Waals surface area contributed by atoms with Gasteiger partial charge in [-0.1, -0.05) is 18.7 Å². The maximum atomic E-state index is 12.9. The summed E-state index contributed by atoms with van der Waals surface area (Å²) in [5.41, 5.74) is 0. The molecule has 0 heterocycles. The predicted octanol–water partition coefficient (Wildman–Crippen LogP) is 3.97. The number of halogens is 6. The number of hydrogen-bond acceptors (Lipinski definition) is 2. The van der Waals surface area contributed by atoms with E-state index >= 15 is 0 Å². The van der Waals surface area contributed by atoms with Crippen molar-refractivity contribution in [3.05, 3.63) is 0 Å². The Hall–Kier alpha value is -0.400. The highest BCUT2D eigenvalue weighted by molar-refractivity contribution is 8.13. The molecule has 0 aliphatic carbocycles. The number of rotatable bonds is 6. The van der Waals surface area contributed by atoms with Gasteiger partial charge in [0.25, 0.3) is 5.92 Å². The zero-order chi connectivity index (χ0) is 13.7. The Balaban J connectivity index is 4.11. The van der Waals surface area contributed by atoms with E-state index in [0.29, 0.717) is 11.8 Å². The SMILES string of the molecule is CCC(=O)SCCC(F)C(F)(F)CC(F)(F)F. The molecule has 1 atom stereocenters. The van der Waals surface area contributed by atoms with Gasteiger partial charge in [-0.3, -0.25) is 4.79 Å². The maximum absolute atomic E-state index is 12.9. The molecule has 102 valence electrons. The standard InChI is InChI=1S/C9H12F6OS/c1-2-7(16)17-4-3-6(10)8(11,12)5-9(13,14)15/h6H,2-5H2,1H3. The molecule has 1 unspecified atom stereocenters. The van der Waals surface area contributed by atoms with E-state index in [2.05, 4.69) is 0 Å².